The first-order valence-corrected chi connectivity index (χ1v) is 9.21. The maximum absolute atomic E-state index is 12.8. The van der Waals surface area contributed by atoms with Crippen LogP contribution in [0, 0.1) is 19.8 Å². The summed E-state index contributed by atoms with van der Waals surface area (Å²) in [5, 5.41) is 3.19. The zero-order valence-corrected chi connectivity index (χ0v) is 14.8. The fourth-order valence-electron chi connectivity index (χ4n) is 4.05. The summed E-state index contributed by atoms with van der Waals surface area (Å²) >= 11 is 0. The molecule has 0 radical (unpaired) electrons. The van der Waals surface area contributed by atoms with Crippen molar-refractivity contribution in [3.05, 3.63) is 34.9 Å². The highest BCUT2D eigenvalue weighted by Gasteiger charge is 2.30. The lowest BCUT2D eigenvalue weighted by Gasteiger charge is -2.32. The monoisotopic (exact) mass is 328 g/mol. The second-order valence-corrected chi connectivity index (χ2v) is 7.46. The van der Waals surface area contributed by atoms with E-state index in [1.165, 1.54) is 12.8 Å². The Morgan fingerprint density at radius 1 is 1.00 bits per heavy atom. The molecule has 2 amide bonds. The topological polar surface area (TPSA) is 49.4 Å². The highest BCUT2D eigenvalue weighted by atomic mass is 16.2. The van der Waals surface area contributed by atoms with Crippen LogP contribution in [0.1, 0.15) is 60.0 Å². The van der Waals surface area contributed by atoms with Crippen molar-refractivity contribution in [2.75, 3.05) is 13.1 Å². The predicted octanol–water partition coefficient (Wildman–Crippen LogP) is 3.21. The van der Waals surface area contributed by atoms with Crippen molar-refractivity contribution < 1.29 is 9.59 Å². The molecule has 1 aromatic carbocycles. The molecule has 3 rings (SSSR count). The minimum atomic E-state index is -0.0609. The number of carbonyl (C=O) groups is 2. The molecule has 2 fully saturated rings. The first-order chi connectivity index (χ1) is 11.5. The van der Waals surface area contributed by atoms with Gasteiger partial charge in [0.25, 0.3) is 5.91 Å². The van der Waals surface area contributed by atoms with Crippen molar-refractivity contribution in [3.63, 3.8) is 0 Å². The van der Waals surface area contributed by atoms with Gasteiger partial charge in [0.1, 0.15) is 0 Å². The molecule has 1 saturated heterocycles. The van der Waals surface area contributed by atoms with Gasteiger partial charge in [0.15, 0.2) is 0 Å². The zero-order chi connectivity index (χ0) is 17.1. The van der Waals surface area contributed by atoms with Gasteiger partial charge >= 0.3 is 0 Å². The van der Waals surface area contributed by atoms with Crippen molar-refractivity contribution in [2.24, 2.45) is 5.92 Å². The summed E-state index contributed by atoms with van der Waals surface area (Å²) in [6.45, 7) is 5.32. The molecule has 24 heavy (non-hydrogen) atoms. The fourth-order valence-corrected chi connectivity index (χ4v) is 4.05. The van der Waals surface area contributed by atoms with Gasteiger partial charge in [-0.2, -0.15) is 0 Å². The molecule has 1 unspecified atom stereocenters. The second kappa shape index (κ2) is 7.37. The van der Waals surface area contributed by atoms with Gasteiger partial charge < -0.3 is 10.2 Å². The van der Waals surface area contributed by atoms with Gasteiger partial charge in [0.2, 0.25) is 5.91 Å². The summed E-state index contributed by atoms with van der Waals surface area (Å²) < 4.78 is 0. The lowest BCUT2D eigenvalue weighted by Crippen LogP contribution is -2.47. The molecule has 130 valence electrons. The van der Waals surface area contributed by atoms with Crippen molar-refractivity contribution in [3.8, 4) is 0 Å². The standard InChI is InChI=1S/C20H28N2O2/c1-14-10-15(2)12-17(11-14)20(24)22-9-5-6-16(13-22)19(23)21-18-7-3-4-8-18/h10-12,16,18H,3-9,13H2,1-2H3,(H,21,23). The van der Waals surface area contributed by atoms with E-state index in [9.17, 15) is 9.59 Å². The summed E-state index contributed by atoms with van der Waals surface area (Å²) in [5.74, 6) is 0.134. The van der Waals surface area contributed by atoms with Crippen molar-refractivity contribution in [1.29, 1.82) is 0 Å². The molecule has 1 saturated carbocycles. The minimum Gasteiger partial charge on any atom is -0.353 e. The van der Waals surface area contributed by atoms with Gasteiger partial charge in [-0.3, -0.25) is 9.59 Å². The minimum absolute atomic E-state index is 0.0557. The number of nitrogens with one attached hydrogen (secondary N) is 1. The summed E-state index contributed by atoms with van der Waals surface area (Å²) in [6, 6.07) is 6.31. The van der Waals surface area contributed by atoms with E-state index in [0.717, 1.165) is 48.9 Å². The number of aryl methyl sites for hydroxylation is 2. The van der Waals surface area contributed by atoms with E-state index in [0.29, 0.717) is 12.6 Å². The average Bonchev–Trinajstić information content (AvgIpc) is 3.06. The fraction of sp³-hybridized carbons (Fsp3) is 0.600. The Morgan fingerprint density at radius 2 is 1.67 bits per heavy atom. The third-order valence-electron chi connectivity index (χ3n) is 5.25. The van der Waals surface area contributed by atoms with Crippen LogP contribution < -0.4 is 5.32 Å². The Labute approximate surface area is 144 Å². The predicted molar refractivity (Wildman–Crippen MR) is 94.9 cm³/mol. The van der Waals surface area contributed by atoms with Gasteiger partial charge in [-0.1, -0.05) is 30.0 Å². The lowest BCUT2D eigenvalue weighted by atomic mass is 9.95. The third-order valence-corrected chi connectivity index (χ3v) is 5.25. The van der Waals surface area contributed by atoms with Gasteiger partial charge in [0.05, 0.1) is 5.92 Å². The van der Waals surface area contributed by atoms with Crippen molar-refractivity contribution in [2.45, 2.75) is 58.4 Å². The van der Waals surface area contributed by atoms with Crippen LogP contribution in [0.5, 0.6) is 0 Å². The number of carbonyl (C=O) groups excluding carboxylic acids is 2. The highest BCUT2D eigenvalue weighted by Crippen LogP contribution is 2.22. The molecular weight excluding hydrogens is 300 g/mol. The molecule has 4 nitrogen and oxygen atoms in total. The van der Waals surface area contributed by atoms with Crippen LogP contribution in [-0.4, -0.2) is 35.8 Å². The number of amides is 2. The Hall–Kier alpha value is -1.84. The highest BCUT2D eigenvalue weighted by molar-refractivity contribution is 5.95. The van der Waals surface area contributed by atoms with Crippen LogP contribution in [0.2, 0.25) is 0 Å². The molecule has 1 N–H and O–H groups in total. The van der Waals surface area contributed by atoms with Crippen LogP contribution >= 0.6 is 0 Å². The molecule has 1 aliphatic carbocycles. The second-order valence-electron chi connectivity index (χ2n) is 7.46. The van der Waals surface area contributed by atoms with Gasteiger partial charge in [-0.15, -0.1) is 0 Å². The Balaban J connectivity index is 1.63. The summed E-state index contributed by atoms with van der Waals surface area (Å²) in [6.07, 6.45) is 6.42. The van der Waals surface area contributed by atoms with E-state index >= 15 is 0 Å². The first-order valence-electron chi connectivity index (χ1n) is 9.21. The molecule has 1 heterocycles. The first kappa shape index (κ1) is 17.0. The molecule has 0 aromatic heterocycles. The van der Waals surface area contributed by atoms with Gasteiger partial charge in [-0.25, -0.2) is 0 Å². The number of piperidine rings is 1. The Bertz CT molecular complexity index is 600. The van der Waals surface area contributed by atoms with Gasteiger partial charge in [0, 0.05) is 24.7 Å². The molecule has 0 bridgehead atoms. The van der Waals surface area contributed by atoms with E-state index in [2.05, 4.69) is 11.4 Å². The van der Waals surface area contributed by atoms with E-state index in [1.807, 2.05) is 30.9 Å². The van der Waals surface area contributed by atoms with Crippen molar-refractivity contribution in [1.82, 2.24) is 10.2 Å². The van der Waals surface area contributed by atoms with E-state index in [1.54, 1.807) is 0 Å². The number of likely N-dealkylation sites (tertiary alicyclic amines) is 1. The van der Waals surface area contributed by atoms with E-state index in [4.69, 9.17) is 0 Å². The SMILES string of the molecule is Cc1cc(C)cc(C(=O)N2CCCC(C(=O)NC3CCCC3)C2)c1. The molecule has 2 aliphatic rings. The number of rotatable bonds is 3. The molecule has 1 atom stereocenters. The summed E-state index contributed by atoms with van der Waals surface area (Å²) in [7, 11) is 0. The number of nitrogens with zero attached hydrogens (tertiary/aromatic N) is 1. The lowest BCUT2D eigenvalue weighted by molar-refractivity contribution is -0.127. The molecule has 1 aliphatic heterocycles. The van der Waals surface area contributed by atoms with Gasteiger partial charge in [-0.05, 0) is 51.7 Å². The number of hydrogen-bond donors (Lipinski definition) is 1. The smallest absolute Gasteiger partial charge is 0.253 e. The van der Waals surface area contributed by atoms with Crippen LogP contribution in [0.15, 0.2) is 18.2 Å². The van der Waals surface area contributed by atoms with E-state index in [-0.39, 0.29) is 17.7 Å². The molecule has 4 heteroatoms. The number of hydrogen-bond acceptors (Lipinski definition) is 2. The van der Waals surface area contributed by atoms with E-state index < -0.39 is 0 Å². The summed E-state index contributed by atoms with van der Waals surface area (Å²) in [4.78, 5) is 27.2. The van der Waals surface area contributed by atoms with Crippen molar-refractivity contribution >= 4 is 11.8 Å². The number of benzene rings is 1. The maximum Gasteiger partial charge on any atom is 0.253 e. The molecular formula is C20H28N2O2. The largest absolute Gasteiger partial charge is 0.353 e. The van der Waals surface area contributed by atoms with Crippen LogP contribution in [0.25, 0.3) is 0 Å². The van der Waals surface area contributed by atoms with Crippen LogP contribution in [0.3, 0.4) is 0 Å². The quantitative estimate of drug-likeness (QED) is 0.926. The van der Waals surface area contributed by atoms with Crippen LogP contribution in [0.4, 0.5) is 0 Å². The third kappa shape index (κ3) is 3.97. The Morgan fingerprint density at radius 3 is 2.33 bits per heavy atom. The maximum atomic E-state index is 12.8. The van der Waals surface area contributed by atoms with Crippen LogP contribution in [-0.2, 0) is 4.79 Å². The molecule has 1 aromatic rings. The molecule has 0 spiro atoms. The average molecular weight is 328 g/mol. The zero-order valence-electron chi connectivity index (χ0n) is 14.8. The normalized spacial score (nSPS) is 21.8. The summed E-state index contributed by atoms with van der Waals surface area (Å²) in [5.41, 5.74) is 2.95. The Kier molecular flexibility index (Phi) is 5.22.